The molecule has 1 N–H and O–H groups in total. The van der Waals surface area contributed by atoms with Crippen molar-refractivity contribution in [2.45, 2.75) is 13.3 Å². The van der Waals surface area contributed by atoms with E-state index in [-0.39, 0.29) is 29.6 Å². The minimum atomic E-state index is -0.398. The number of nitrogens with zero attached hydrogens (tertiary/aromatic N) is 1. The molecule has 1 aliphatic rings. The fourth-order valence-electron chi connectivity index (χ4n) is 3.45. The Morgan fingerprint density at radius 1 is 0.833 bits per heavy atom. The van der Waals surface area contributed by atoms with Gasteiger partial charge in [0.25, 0.3) is 11.8 Å². The molecule has 0 atom stereocenters. The molecule has 5 heteroatoms. The van der Waals surface area contributed by atoms with Crippen LogP contribution in [0.5, 0.6) is 0 Å². The average Bonchev–Trinajstić information content (AvgIpc) is 2.99. The maximum Gasteiger partial charge on any atom is 0.278 e. The molecule has 0 aliphatic carbocycles. The zero-order valence-corrected chi connectivity index (χ0v) is 16.6. The molecule has 0 unspecified atom stereocenters. The summed E-state index contributed by atoms with van der Waals surface area (Å²) in [6, 6.07) is 22.9. The van der Waals surface area contributed by atoms with Crippen molar-refractivity contribution in [1.29, 1.82) is 0 Å². The number of rotatable bonds is 6. The van der Waals surface area contributed by atoms with E-state index in [1.54, 1.807) is 0 Å². The molecule has 4 nitrogen and oxygen atoms in total. The molecule has 0 bridgehead atoms. The highest BCUT2D eigenvalue weighted by atomic mass is 19.1. The van der Waals surface area contributed by atoms with Crippen molar-refractivity contribution in [3.8, 4) is 0 Å². The number of nitrogens with one attached hydrogen (secondary N) is 1. The summed E-state index contributed by atoms with van der Waals surface area (Å²) in [7, 11) is 0. The van der Waals surface area contributed by atoms with Gasteiger partial charge in [0.05, 0.1) is 5.57 Å². The molecule has 0 radical (unpaired) electrons. The summed E-state index contributed by atoms with van der Waals surface area (Å²) in [4.78, 5) is 27.6. The van der Waals surface area contributed by atoms with Crippen molar-refractivity contribution in [2.75, 3.05) is 11.9 Å². The molecule has 150 valence electrons. The molecule has 0 spiro atoms. The van der Waals surface area contributed by atoms with E-state index in [2.05, 4.69) is 5.32 Å². The number of amides is 2. The zero-order valence-electron chi connectivity index (χ0n) is 16.6. The van der Waals surface area contributed by atoms with Crippen molar-refractivity contribution in [3.63, 3.8) is 0 Å². The molecule has 3 aromatic carbocycles. The summed E-state index contributed by atoms with van der Waals surface area (Å²) in [6.45, 7) is 2.24. The van der Waals surface area contributed by atoms with Crippen LogP contribution in [0, 0.1) is 12.7 Å². The number of aryl methyl sites for hydroxylation is 1. The number of carbonyl (C=O) groups excluding carboxylic acids is 2. The van der Waals surface area contributed by atoms with E-state index in [0.29, 0.717) is 17.7 Å². The number of hydrogen-bond acceptors (Lipinski definition) is 3. The predicted octanol–water partition coefficient (Wildman–Crippen LogP) is 4.57. The number of imide groups is 1. The minimum Gasteiger partial charge on any atom is -0.350 e. The molecule has 1 heterocycles. The molecular formula is C25H21FN2O2. The number of benzene rings is 3. The third-order valence-corrected chi connectivity index (χ3v) is 5.09. The van der Waals surface area contributed by atoms with Crippen molar-refractivity contribution in [2.24, 2.45) is 0 Å². The highest BCUT2D eigenvalue weighted by molar-refractivity contribution is 6.36. The van der Waals surface area contributed by atoms with Gasteiger partial charge in [0.2, 0.25) is 0 Å². The largest absolute Gasteiger partial charge is 0.350 e. The highest BCUT2D eigenvalue weighted by Gasteiger charge is 2.38. The SMILES string of the molecule is Cc1ccc(NC2=C(c3ccc(F)cc3)C(=O)N(CCc3ccccc3)C2=O)cc1. The molecular weight excluding hydrogens is 379 g/mol. The van der Waals surface area contributed by atoms with Crippen molar-refractivity contribution in [1.82, 2.24) is 4.90 Å². The Morgan fingerprint density at radius 3 is 2.17 bits per heavy atom. The summed E-state index contributed by atoms with van der Waals surface area (Å²) in [5, 5.41) is 3.11. The predicted molar refractivity (Wildman–Crippen MR) is 115 cm³/mol. The maximum absolute atomic E-state index is 13.4. The second-order valence-electron chi connectivity index (χ2n) is 7.25. The minimum absolute atomic E-state index is 0.212. The van der Waals surface area contributed by atoms with Gasteiger partial charge in [0, 0.05) is 12.2 Å². The fraction of sp³-hybridized carbons (Fsp3) is 0.120. The molecule has 1 aliphatic heterocycles. The molecule has 0 saturated heterocycles. The van der Waals surface area contributed by atoms with Gasteiger partial charge in [-0.05, 0) is 48.7 Å². The van der Waals surface area contributed by atoms with Gasteiger partial charge in [-0.2, -0.15) is 0 Å². The third-order valence-electron chi connectivity index (χ3n) is 5.09. The van der Waals surface area contributed by atoms with Crippen LogP contribution in [0.1, 0.15) is 16.7 Å². The first kappa shape index (κ1) is 19.6. The van der Waals surface area contributed by atoms with Gasteiger partial charge in [-0.25, -0.2) is 4.39 Å². The summed E-state index contributed by atoms with van der Waals surface area (Å²) >= 11 is 0. The van der Waals surface area contributed by atoms with Crippen molar-refractivity contribution >= 4 is 23.1 Å². The second-order valence-corrected chi connectivity index (χ2v) is 7.25. The fourth-order valence-corrected chi connectivity index (χ4v) is 3.45. The van der Waals surface area contributed by atoms with E-state index in [9.17, 15) is 14.0 Å². The molecule has 30 heavy (non-hydrogen) atoms. The maximum atomic E-state index is 13.4. The van der Waals surface area contributed by atoms with Gasteiger partial charge in [0.1, 0.15) is 11.5 Å². The van der Waals surface area contributed by atoms with Gasteiger partial charge < -0.3 is 5.32 Å². The van der Waals surface area contributed by atoms with Gasteiger partial charge in [-0.1, -0.05) is 60.2 Å². The Kier molecular flexibility index (Phi) is 5.44. The monoisotopic (exact) mass is 400 g/mol. The van der Waals surface area contributed by atoms with Gasteiger partial charge in [0.15, 0.2) is 0 Å². The first-order valence-electron chi connectivity index (χ1n) is 9.77. The van der Waals surface area contributed by atoms with E-state index in [0.717, 1.165) is 11.1 Å². The summed E-state index contributed by atoms with van der Waals surface area (Å²) < 4.78 is 13.4. The lowest BCUT2D eigenvalue weighted by Gasteiger charge is -2.15. The Hall–Kier alpha value is -3.73. The van der Waals surface area contributed by atoms with Gasteiger partial charge in [-0.15, -0.1) is 0 Å². The van der Waals surface area contributed by atoms with Crippen LogP contribution >= 0.6 is 0 Å². The van der Waals surface area contributed by atoms with Crippen molar-refractivity contribution in [3.05, 3.63) is 107 Å². The lowest BCUT2D eigenvalue weighted by molar-refractivity contribution is -0.136. The number of halogens is 1. The number of anilines is 1. The summed E-state index contributed by atoms with van der Waals surface area (Å²) in [5.74, 6) is -1.15. The van der Waals surface area contributed by atoms with Crippen LogP contribution in [0.15, 0.2) is 84.6 Å². The van der Waals surface area contributed by atoms with E-state index >= 15 is 0 Å². The lowest BCUT2D eigenvalue weighted by Crippen LogP contribution is -2.34. The molecule has 3 aromatic rings. The Balaban J connectivity index is 1.66. The molecule has 0 aromatic heterocycles. The Bertz CT molecular complexity index is 1100. The molecule has 2 amide bonds. The first-order valence-corrected chi connectivity index (χ1v) is 9.77. The number of carbonyl (C=O) groups is 2. The standard InChI is InChI=1S/C25H21FN2O2/c1-17-7-13-21(14-8-17)27-23-22(19-9-11-20(26)12-10-19)24(29)28(25(23)30)16-15-18-5-3-2-4-6-18/h2-14,27H,15-16H2,1H3. The van der Waals surface area contributed by atoms with Crippen molar-refractivity contribution < 1.29 is 14.0 Å². The van der Waals surface area contributed by atoms with E-state index in [1.807, 2.05) is 61.5 Å². The quantitative estimate of drug-likeness (QED) is 0.617. The molecule has 0 fully saturated rings. The normalized spacial score (nSPS) is 13.9. The van der Waals surface area contributed by atoms with Gasteiger partial charge in [-0.3, -0.25) is 14.5 Å². The Labute approximate surface area is 174 Å². The van der Waals surface area contributed by atoms with E-state index in [1.165, 1.54) is 29.2 Å². The lowest BCUT2D eigenvalue weighted by atomic mass is 10.0. The van der Waals surface area contributed by atoms with Crippen LogP contribution in [-0.4, -0.2) is 23.3 Å². The third kappa shape index (κ3) is 4.01. The first-order chi connectivity index (χ1) is 14.5. The van der Waals surface area contributed by atoms with Crippen LogP contribution in [0.4, 0.5) is 10.1 Å². The van der Waals surface area contributed by atoms with E-state index < -0.39 is 5.82 Å². The van der Waals surface area contributed by atoms with Crippen LogP contribution < -0.4 is 5.32 Å². The Morgan fingerprint density at radius 2 is 1.50 bits per heavy atom. The van der Waals surface area contributed by atoms with E-state index in [4.69, 9.17) is 0 Å². The zero-order chi connectivity index (χ0) is 21.1. The molecule has 4 rings (SSSR count). The second kappa shape index (κ2) is 8.33. The summed E-state index contributed by atoms with van der Waals surface area (Å²) in [6.07, 6.45) is 0.562. The van der Waals surface area contributed by atoms with Crippen LogP contribution in [0.3, 0.4) is 0 Å². The topological polar surface area (TPSA) is 49.4 Å². The average molecular weight is 400 g/mol. The molecule has 0 saturated carbocycles. The highest BCUT2D eigenvalue weighted by Crippen LogP contribution is 2.30. The van der Waals surface area contributed by atoms with Crippen LogP contribution in [0.2, 0.25) is 0 Å². The smallest absolute Gasteiger partial charge is 0.278 e. The number of hydrogen-bond donors (Lipinski definition) is 1. The van der Waals surface area contributed by atoms with Gasteiger partial charge >= 0.3 is 0 Å². The summed E-state index contributed by atoms with van der Waals surface area (Å²) in [5.41, 5.74) is 3.82. The van der Waals surface area contributed by atoms with Crippen LogP contribution in [-0.2, 0) is 16.0 Å². The van der Waals surface area contributed by atoms with Crippen LogP contribution in [0.25, 0.3) is 5.57 Å².